The Labute approximate surface area is 75.1 Å². The van der Waals surface area contributed by atoms with E-state index in [1.54, 1.807) is 13.3 Å². The van der Waals surface area contributed by atoms with Gasteiger partial charge in [-0.25, -0.2) is 0 Å². The van der Waals surface area contributed by atoms with Gasteiger partial charge in [0.05, 0.1) is 13.3 Å². The quantitative estimate of drug-likeness (QED) is 0.699. The monoisotopic (exact) mass is 176 g/mol. The third-order valence-electron chi connectivity index (χ3n) is 1.74. The molecule has 0 unspecified atom stereocenters. The lowest BCUT2D eigenvalue weighted by molar-refractivity contribution is 0.403. The van der Waals surface area contributed by atoms with E-state index in [0.29, 0.717) is 5.76 Å². The Morgan fingerprint density at radius 1 is 1.23 bits per heavy atom. The van der Waals surface area contributed by atoms with Gasteiger partial charge in [0.15, 0.2) is 5.76 Å². The molecule has 0 radical (unpaired) electrons. The summed E-state index contributed by atoms with van der Waals surface area (Å²) in [4.78, 5) is 0. The van der Waals surface area contributed by atoms with Crippen molar-refractivity contribution in [2.45, 2.75) is 0 Å². The van der Waals surface area contributed by atoms with Gasteiger partial charge >= 0.3 is 0 Å². The summed E-state index contributed by atoms with van der Waals surface area (Å²) >= 11 is 0. The number of nitrogens with zero attached hydrogens (tertiary/aromatic N) is 2. The van der Waals surface area contributed by atoms with Gasteiger partial charge < -0.3 is 9.26 Å². The summed E-state index contributed by atoms with van der Waals surface area (Å²) in [6.45, 7) is 0. The summed E-state index contributed by atoms with van der Waals surface area (Å²) in [5.74, 6) is 1.47. The first-order valence-corrected chi connectivity index (χ1v) is 3.82. The summed E-state index contributed by atoms with van der Waals surface area (Å²) in [6, 6.07) is 7.50. The first-order chi connectivity index (χ1) is 6.40. The van der Waals surface area contributed by atoms with E-state index in [2.05, 4.69) is 10.4 Å². The molecule has 4 heteroatoms. The third kappa shape index (κ3) is 1.51. The molecule has 0 spiro atoms. The standard InChI is InChI=1S/C9H8N2O2/c1-12-8-4-2-7(3-5-8)9-6-10-11-13-9/h2-6H,1H3. The number of benzene rings is 1. The van der Waals surface area contributed by atoms with Crippen LogP contribution >= 0.6 is 0 Å². The Hall–Kier alpha value is -1.84. The maximum atomic E-state index is 5.02. The van der Waals surface area contributed by atoms with Crippen LogP contribution in [-0.4, -0.2) is 17.5 Å². The molecule has 1 aromatic heterocycles. The second kappa shape index (κ2) is 3.26. The van der Waals surface area contributed by atoms with Crippen molar-refractivity contribution in [2.24, 2.45) is 0 Å². The zero-order valence-electron chi connectivity index (χ0n) is 7.10. The maximum Gasteiger partial charge on any atom is 0.187 e. The summed E-state index contributed by atoms with van der Waals surface area (Å²) < 4.78 is 9.92. The second-order valence-electron chi connectivity index (χ2n) is 2.51. The molecule has 0 N–H and O–H groups in total. The summed E-state index contributed by atoms with van der Waals surface area (Å²) in [6.07, 6.45) is 1.57. The van der Waals surface area contributed by atoms with E-state index in [1.165, 1.54) is 0 Å². The maximum absolute atomic E-state index is 5.02. The van der Waals surface area contributed by atoms with Gasteiger partial charge in [-0.05, 0) is 24.3 Å². The Balaban J connectivity index is 2.33. The van der Waals surface area contributed by atoms with Crippen molar-refractivity contribution in [2.75, 3.05) is 7.11 Å². The summed E-state index contributed by atoms with van der Waals surface area (Å²) in [5, 5.41) is 6.98. The molecule has 0 bridgehead atoms. The van der Waals surface area contributed by atoms with Gasteiger partial charge in [0.25, 0.3) is 0 Å². The van der Waals surface area contributed by atoms with E-state index in [-0.39, 0.29) is 0 Å². The number of rotatable bonds is 2. The number of aromatic nitrogens is 2. The number of methoxy groups -OCH3 is 1. The Kier molecular flexibility index (Phi) is 1.96. The lowest BCUT2D eigenvalue weighted by Gasteiger charge is -1.98. The van der Waals surface area contributed by atoms with Crippen molar-refractivity contribution in [3.05, 3.63) is 30.5 Å². The minimum Gasteiger partial charge on any atom is -0.497 e. The van der Waals surface area contributed by atoms with E-state index in [9.17, 15) is 0 Å². The van der Waals surface area contributed by atoms with Crippen LogP contribution in [0.25, 0.3) is 11.3 Å². The molecule has 4 nitrogen and oxygen atoms in total. The van der Waals surface area contributed by atoms with Crippen LogP contribution < -0.4 is 4.74 Å². The molecule has 0 saturated heterocycles. The van der Waals surface area contributed by atoms with Crippen LogP contribution in [0.1, 0.15) is 0 Å². The Bertz CT molecular complexity index is 367. The number of hydrogen-bond donors (Lipinski definition) is 0. The van der Waals surface area contributed by atoms with Crippen molar-refractivity contribution in [1.29, 1.82) is 0 Å². The van der Waals surface area contributed by atoms with Gasteiger partial charge in [-0.1, -0.05) is 0 Å². The zero-order chi connectivity index (χ0) is 9.10. The van der Waals surface area contributed by atoms with E-state index >= 15 is 0 Å². The fourth-order valence-electron chi connectivity index (χ4n) is 1.05. The summed E-state index contributed by atoms with van der Waals surface area (Å²) in [5.41, 5.74) is 0.936. The summed E-state index contributed by atoms with van der Waals surface area (Å²) in [7, 11) is 1.63. The molecular formula is C9H8N2O2. The van der Waals surface area contributed by atoms with Crippen LogP contribution in [0.5, 0.6) is 5.75 Å². The molecule has 2 aromatic rings. The van der Waals surface area contributed by atoms with Gasteiger partial charge in [0.1, 0.15) is 5.75 Å². The molecule has 66 valence electrons. The van der Waals surface area contributed by atoms with Crippen LogP contribution in [0.2, 0.25) is 0 Å². The van der Waals surface area contributed by atoms with Crippen molar-refractivity contribution >= 4 is 0 Å². The minimum absolute atomic E-state index is 0.655. The lowest BCUT2D eigenvalue weighted by atomic mass is 10.2. The van der Waals surface area contributed by atoms with E-state index < -0.39 is 0 Å². The highest BCUT2D eigenvalue weighted by Gasteiger charge is 2.01. The fraction of sp³-hybridized carbons (Fsp3) is 0.111. The van der Waals surface area contributed by atoms with Gasteiger partial charge in [0.2, 0.25) is 0 Å². The van der Waals surface area contributed by atoms with Crippen molar-refractivity contribution < 1.29 is 9.26 Å². The van der Waals surface area contributed by atoms with E-state index in [4.69, 9.17) is 9.26 Å². The molecule has 0 aliphatic rings. The highest BCUT2D eigenvalue weighted by Crippen LogP contribution is 2.20. The van der Waals surface area contributed by atoms with Crippen molar-refractivity contribution in [1.82, 2.24) is 10.4 Å². The molecule has 13 heavy (non-hydrogen) atoms. The van der Waals surface area contributed by atoms with Crippen LogP contribution in [0.15, 0.2) is 35.0 Å². The molecular weight excluding hydrogens is 168 g/mol. The molecule has 2 rings (SSSR count). The first-order valence-electron chi connectivity index (χ1n) is 3.82. The zero-order valence-corrected chi connectivity index (χ0v) is 7.10. The van der Waals surface area contributed by atoms with Crippen molar-refractivity contribution in [3.63, 3.8) is 0 Å². The molecule has 1 heterocycles. The van der Waals surface area contributed by atoms with E-state index in [0.717, 1.165) is 11.3 Å². The smallest absolute Gasteiger partial charge is 0.187 e. The predicted molar refractivity (Wildman–Crippen MR) is 46.3 cm³/mol. The average Bonchev–Trinajstić information content (AvgIpc) is 2.71. The normalized spacial score (nSPS) is 9.92. The number of ether oxygens (including phenoxy) is 1. The molecule has 0 amide bonds. The van der Waals surface area contributed by atoms with Crippen LogP contribution in [0, 0.1) is 0 Å². The second-order valence-corrected chi connectivity index (χ2v) is 2.51. The van der Waals surface area contributed by atoms with Crippen LogP contribution in [0.4, 0.5) is 0 Å². The van der Waals surface area contributed by atoms with Gasteiger partial charge in [-0.3, -0.25) is 0 Å². The third-order valence-corrected chi connectivity index (χ3v) is 1.74. The minimum atomic E-state index is 0.655. The molecule has 0 fully saturated rings. The molecule has 0 atom stereocenters. The van der Waals surface area contributed by atoms with Crippen LogP contribution in [0.3, 0.4) is 0 Å². The Morgan fingerprint density at radius 2 is 2.00 bits per heavy atom. The van der Waals surface area contributed by atoms with Crippen LogP contribution in [-0.2, 0) is 0 Å². The topological polar surface area (TPSA) is 48.2 Å². The SMILES string of the molecule is COc1ccc(-c2cnno2)cc1. The molecule has 0 aliphatic carbocycles. The molecule has 1 aromatic carbocycles. The van der Waals surface area contributed by atoms with Gasteiger partial charge in [-0.15, -0.1) is 5.10 Å². The van der Waals surface area contributed by atoms with Gasteiger partial charge in [0, 0.05) is 10.8 Å². The number of hydrogen-bond acceptors (Lipinski definition) is 4. The molecule has 0 aliphatic heterocycles. The molecule has 0 saturated carbocycles. The highest BCUT2D eigenvalue weighted by molar-refractivity contribution is 5.56. The van der Waals surface area contributed by atoms with Crippen molar-refractivity contribution in [3.8, 4) is 17.1 Å². The largest absolute Gasteiger partial charge is 0.497 e. The fourth-order valence-corrected chi connectivity index (χ4v) is 1.05. The first kappa shape index (κ1) is 7.79. The lowest BCUT2D eigenvalue weighted by Crippen LogP contribution is -1.81. The Morgan fingerprint density at radius 3 is 2.54 bits per heavy atom. The highest BCUT2D eigenvalue weighted by atomic mass is 16.5. The average molecular weight is 176 g/mol. The predicted octanol–water partition coefficient (Wildman–Crippen LogP) is 1.75. The van der Waals surface area contributed by atoms with Gasteiger partial charge in [-0.2, -0.15) is 0 Å². The van der Waals surface area contributed by atoms with E-state index in [1.807, 2.05) is 24.3 Å².